The molecule has 0 fully saturated rings. The molecule has 2 aromatic rings. The standard InChI is InChI=1S/C15H22N2O/c1-12(18)6-5-9-16-10-13-11-17(2)15-8-4-3-7-14(13)15/h3-4,7-8,11-12,16,18H,5-6,9-10H2,1-2H3. The summed E-state index contributed by atoms with van der Waals surface area (Å²) in [4.78, 5) is 0. The number of fused-ring (bicyclic) bond motifs is 1. The summed E-state index contributed by atoms with van der Waals surface area (Å²) in [5, 5.41) is 13.9. The van der Waals surface area contributed by atoms with Crippen molar-refractivity contribution in [3.05, 3.63) is 36.0 Å². The van der Waals surface area contributed by atoms with Gasteiger partial charge in [0.2, 0.25) is 0 Å². The smallest absolute Gasteiger partial charge is 0.0512 e. The highest BCUT2D eigenvalue weighted by atomic mass is 16.3. The van der Waals surface area contributed by atoms with Crippen molar-refractivity contribution in [1.29, 1.82) is 0 Å². The molecule has 1 aromatic carbocycles. The maximum absolute atomic E-state index is 9.18. The first-order chi connectivity index (χ1) is 8.68. The maximum Gasteiger partial charge on any atom is 0.0512 e. The Labute approximate surface area is 108 Å². The van der Waals surface area contributed by atoms with E-state index in [-0.39, 0.29) is 6.10 Å². The fourth-order valence-corrected chi connectivity index (χ4v) is 2.31. The molecule has 0 radical (unpaired) electrons. The molecule has 3 nitrogen and oxygen atoms in total. The van der Waals surface area contributed by atoms with Gasteiger partial charge in [-0.3, -0.25) is 0 Å². The van der Waals surface area contributed by atoms with E-state index >= 15 is 0 Å². The fraction of sp³-hybridized carbons (Fsp3) is 0.467. The third kappa shape index (κ3) is 3.12. The first-order valence-corrected chi connectivity index (χ1v) is 6.60. The largest absolute Gasteiger partial charge is 0.393 e. The molecule has 18 heavy (non-hydrogen) atoms. The van der Waals surface area contributed by atoms with Crippen LogP contribution in [-0.2, 0) is 13.6 Å². The van der Waals surface area contributed by atoms with E-state index in [1.807, 2.05) is 6.92 Å². The Kier molecular flexibility index (Phi) is 4.39. The van der Waals surface area contributed by atoms with Crippen LogP contribution >= 0.6 is 0 Å². The zero-order valence-electron chi connectivity index (χ0n) is 11.2. The minimum atomic E-state index is -0.190. The van der Waals surface area contributed by atoms with Gasteiger partial charge in [-0.15, -0.1) is 0 Å². The number of aliphatic hydroxyl groups is 1. The highest BCUT2D eigenvalue weighted by Gasteiger charge is 2.04. The minimum Gasteiger partial charge on any atom is -0.393 e. The Morgan fingerprint density at radius 3 is 2.89 bits per heavy atom. The van der Waals surface area contributed by atoms with Crippen LogP contribution in [0.2, 0.25) is 0 Å². The molecule has 1 heterocycles. The zero-order valence-corrected chi connectivity index (χ0v) is 11.2. The van der Waals surface area contributed by atoms with Crippen LogP contribution in [0.25, 0.3) is 10.9 Å². The van der Waals surface area contributed by atoms with Crippen molar-refractivity contribution in [2.45, 2.75) is 32.4 Å². The summed E-state index contributed by atoms with van der Waals surface area (Å²) in [6.07, 6.45) is 3.88. The molecular weight excluding hydrogens is 224 g/mol. The SMILES string of the molecule is CC(O)CCCNCc1cn(C)c2ccccc12. The zero-order chi connectivity index (χ0) is 13.0. The Bertz CT molecular complexity index is 502. The average Bonchev–Trinajstić information content (AvgIpc) is 2.66. The van der Waals surface area contributed by atoms with E-state index in [2.05, 4.69) is 47.4 Å². The van der Waals surface area contributed by atoms with Gasteiger partial charge in [0.15, 0.2) is 0 Å². The predicted molar refractivity (Wildman–Crippen MR) is 75.5 cm³/mol. The summed E-state index contributed by atoms with van der Waals surface area (Å²) in [5.74, 6) is 0. The second-order valence-corrected chi connectivity index (χ2v) is 4.95. The van der Waals surface area contributed by atoms with Crippen molar-refractivity contribution >= 4 is 10.9 Å². The van der Waals surface area contributed by atoms with Crippen molar-refractivity contribution in [2.24, 2.45) is 7.05 Å². The number of aryl methyl sites for hydroxylation is 1. The number of nitrogens with zero attached hydrogens (tertiary/aromatic N) is 1. The monoisotopic (exact) mass is 246 g/mol. The molecule has 0 saturated heterocycles. The lowest BCUT2D eigenvalue weighted by atomic mass is 10.1. The Morgan fingerprint density at radius 1 is 1.33 bits per heavy atom. The van der Waals surface area contributed by atoms with Gasteiger partial charge in [0.25, 0.3) is 0 Å². The summed E-state index contributed by atoms with van der Waals surface area (Å²) in [5.41, 5.74) is 2.61. The second-order valence-electron chi connectivity index (χ2n) is 4.95. The summed E-state index contributed by atoms with van der Waals surface area (Å²) in [7, 11) is 2.08. The lowest BCUT2D eigenvalue weighted by Gasteiger charge is -2.05. The quantitative estimate of drug-likeness (QED) is 0.768. The van der Waals surface area contributed by atoms with Crippen molar-refractivity contribution in [3.63, 3.8) is 0 Å². The van der Waals surface area contributed by atoms with E-state index in [1.165, 1.54) is 16.5 Å². The van der Waals surface area contributed by atoms with Crippen molar-refractivity contribution in [1.82, 2.24) is 9.88 Å². The molecule has 0 spiro atoms. The molecular formula is C15H22N2O. The molecule has 0 aliphatic carbocycles. The lowest BCUT2D eigenvalue weighted by Crippen LogP contribution is -2.16. The van der Waals surface area contributed by atoms with Gasteiger partial charge in [0.1, 0.15) is 0 Å². The van der Waals surface area contributed by atoms with Crippen LogP contribution in [0.3, 0.4) is 0 Å². The molecule has 0 bridgehead atoms. The first kappa shape index (κ1) is 13.1. The van der Waals surface area contributed by atoms with Crippen molar-refractivity contribution < 1.29 is 5.11 Å². The molecule has 0 saturated carbocycles. The second kappa shape index (κ2) is 6.03. The number of rotatable bonds is 6. The van der Waals surface area contributed by atoms with Crippen LogP contribution in [0, 0.1) is 0 Å². The van der Waals surface area contributed by atoms with E-state index in [0.29, 0.717) is 0 Å². The van der Waals surface area contributed by atoms with Gasteiger partial charge in [-0.05, 0) is 37.9 Å². The Hall–Kier alpha value is -1.32. The summed E-state index contributed by atoms with van der Waals surface area (Å²) in [6, 6.07) is 8.47. The molecule has 0 aliphatic rings. The van der Waals surface area contributed by atoms with Gasteiger partial charge in [0, 0.05) is 30.7 Å². The van der Waals surface area contributed by atoms with E-state index in [0.717, 1.165) is 25.9 Å². The van der Waals surface area contributed by atoms with Gasteiger partial charge in [-0.2, -0.15) is 0 Å². The third-order valence-corrected chi connectivity index (χ3v) is 3.27. The maximum atomic E-state index is 9.18. The third-order valence-electron chi connectivity index (χ3n) is 3.27. The van der Waals surface area contributed by atoms with E-state index < -0.39 is 0 Å². The summed E-state index contributed by atoms with van der Waals surface area (Å²) < 4.78 is 2.17. The molecule has 1 aromatic heterocycles. The Morgan fingerprint density at radius 2 is 2.11 bits per heavy atom. The normalized spacial score (nSPS) is 13.1. The predicted octanol–water partition coefficient (Wildman–Crippen LogP) is 2.43. The fourth-order valence-electron chi connectivity index (χ4n) is 2.31. The lowest BCUT2D eigenvalue weighted by molar-refractivity contribution is 0.181. The first-order valence-electron chi connectivity index (χ1n) is 6.60. The highest BCUT2D eigenvalue weighted by Crippen LogP contribution is 2.19. The number of aliphatic hydroxyl groups excluding tert-OH is 1. The molecule has 98 valence electrons. The summed E-state index contributed by atoms with van der Waals surface area (Å²) in [6.45, 7) is 3.68. The van der Waals surface area contributed by atoms with Crippen LogP contribution in [0.1, 0.15) is 25.3 Å². The van der Waals surface area contributed by atoms with E-state index in [4.69, 9.17) is 0 Å². The van der Waals surface area contributed by atoms with Gasteiger partial charge in [-0.1, -0.05) is 18.2 Å². The molecule has 2 rings (SSSR count). The minimum absolute atomic E-state index is 0.190. The van der Waals surface area contributed by atoms with Gasteiger partial charge in [-0.25, -0.2) is 0 Å². The highest BCUT2D eigenvalue weighted by molar-refractivity contribution is 5.83. The molecule has 0 aliphatic heterocycles. The van der Waals surface area contributed by atoms with Gasteiger partial charge in [0.05, 0.1) is 6.10 Å². The van der Waals surface area contributed by atoms with Crippen molar-refractivity contribution in [3.8, 4) is 0 Å². The molecule has 2 N–H and O–H groups in total. The van der Waals surface area contributed by atoms with Crippen molar-refractivity contribution in [2.75, 3.05) is 6.54 Å². The van der Waals surface area contributed by atoms with Crippen LogP contribution < -0.4 is 5.32 Å². The van der Waals surface area contributed by atoms with Crippen LogP contribution in [0.4, 0.5) is 0 Å². The Balaban J connectivity index is 1.92. The number of hydrogen-bond acceptors (Lipinski definition) is 2. The number of nitrogens with one attached hydrogen (secondary N) is 1. The van der Waals surface area contributed by atoms with E-state index in [9.17, 15) is 5.11 Å². The average molecular weight is 246 g/mol. The van der Waals surface area contributed by atoms with Gasteiger partial charge >= 0.3 is 0 Å². The molecule has 1 unspecified atom stereocenters. The van der Waals surface area contributed by atoms with E-state index in [1.54, 1.807) is 0 Å². The van der Waals surface area contributed by atoms with Crippen LogP contribution in [0.15, 0.2) is 30.5 Å². The number of para-hydroxylation sites is 1. The van der Waals surface area contributed by atoms with Gasteiger partial charge < -0.3 is 15.0 Å². The molecule has 3 heteroatoms. The number of hydrogen-bond donors (Lipinski definition) is 2. The summed E-state index contributed by atoms with van der Waals surface area (Å²) >= 11 is 0. The molecule has 0 amide bonds. The number of aromatic nitrogens is 1. The van der Waals surface area contributed by atoms with Crippen LogP contribution in [0.5, 0.6) is 0 Å². The van der Waals surface area contributed by atoms with Crippen LogP contribution in [-0.4, -0.2) is 22.3 Å². The molecule has 1 atom stereocenters. The topological polar surface area (TPSA) is 37.2 Å². The number of benzene rings is 1.